The van der Waals surface area contributed by atoms with Gasteiger partial charge in [-0.05, 0) is 0 Å². The van der Waals surface area contributed by atoms with Crippen molar-refractivity contribution in [2.75, 3.05) is 0 Å². The van der Waals surface area contributed by atoms with E-state index in [0.29, 0.717) is 0 Å². The Morgan fingerprint density at radius 2 is 1.36 bits per heavy atom. The summed E-state index contributed by atoms with van der Waals surface area (Å²) in [6.45, 7) is 11.6. The predicted molar refractivity (Wildman–Crippen MR) is 156 cm³/mol. The number of benzene rings is 4. The molecule has 0 amide bonds. The summed E-state index contributed by atoms with van der Waals surface area (Å²) in [5, 5.41) is 0. The molecule has 0 bridgehead atoms. The van der Waals surface area contributed by atoms with E-state index in [9.17, 15) is 0 Å². The molecule has 0 radical (unpaired) electrons. The van der Waals surface area contributed by atoms with Crippen LogP contribution in [0.2, 0.25) is 19.6 Å². The topological polar surface area (TPSA) is 9.23 Å². The van der Waals surface area contributed by atoms with E-state index < -0.39 is 31.1 Å². The molecule has 199 valence electrons. The van der Waals surface area contributed by atoms with Gasteiger partial charge >= 0.3 is 235 Å². The van der Waals surface area contributed by atoms with Crippen molar-refractivity contribution in [1.82, 2.24) is 0 Å². The minimum Gasteiger partial charge on any atom is -1.00 e. The molecule has 6 rings (SSSR count). The van der Waals surface area contributed by atoms with Crippen LogP contribution in [0.4, 0.5) is 0 Å². The molecule has 2 aliphatic rings. The van der Waals surface area contributed by atoms with Gasteiger partial charge in [0.15, 0.2) is 0 Å². The Morgan fingerprint density at radius 3 is 1.92 bits per heavy atom. The van der Waals surface area contributed by atoms with Crippen LogP contribution in [0.5, 0.6) is 0 Å². The van der Waals surface area contributed by atoms with E-state index in [1.807, 2.05) is 0 Å². The maximum atomic E-state index is 6.96. The molecule has 39 heavy (non-hydrogen) atoms. The smallest absolute Gasteiger partial charge is 1.00 e. The van der Waals surface area contributed by atoms with Crippen LogP contribution in [-0.4, -0.2) is 12.0 Å². The van der Waals surface area contributed by atoms with Crippen molar-refractivity contribution in [2.24, 2.45) is 0 Å². The molecular formula is C34H35Cl2OSiZr. The summed E-state index contributed by atoms with van der Waals surface area (Å²) in [7, 11) is -1.76. The first-order chi connectivity index (χ1) is 17.9. The molecule has 0 saturated carbocycles. The molecule has 1 unspecified atom stereocenters. The molecule has 0 spiro atoms. The number of hydrogen-bond acceptors (Lipinski definition) is 1. The third-order valence-electron chi connectivity index (χ3n) is 7.92. The molecule has 0 fully saturated rings. The van der Waals surface area contributed by atoms with Gasteiger partial charge in [-0.15, -0.1) is 0 Å². The van der Waals surface area contributed by atoms with Gasteiger partial charge < -0.3 is 24.8 Å². The van der Waals surface area contributed by atoms with Gasteiger partial charge in [0.05, 0.1) is 0 Å². The Labute approximate surface area is 258 Å². The van der Waals surface area contributed by atoms with Crippen molar-refractivity contribution in [3.8, 4) is 22.3 Å². The molecule has 4 aromatic rings. The normalized spacial score (nSPS) is 14.8. The van der Waals surface area contributed by atoms with Gasteiger partial charge in [0.1, 0.15) is 0 Å². The first-order valence-electron chi connectivity index (χ1n) is 13.6. The quantitative estimate of drug-likeness (QED) is 0.258. The largest absolute Gasteiger partial charge is 1.00 e. The van der Waals surface area contributed by atoms with E-state index >= 15 is 0 Å². The van der Waals surface area contributed by atoms with Crippen molar-refractivity contribution in [1.29, 1.82) is 0 Å². The van der Waals surface area contributed by atoms with Crippen LogP contribution in [0.25, 0.3) is 22.3 Å². The van der Waals surface area contributed by atoms with Crippen molar-refractivity contribution >= 4 is 12.0 Å². The predicted octanol–water partition coefficient (Wildman–Crippen LogP) is 2.75. The minimum atomic E-state index is -1.76. The second-order valence-electron chi connectivity index (χ2n) is 11.3. The summed E-state index contributed by atoms with van der Waals surface area (Å²) in [6, 6.07) is 32.3. The SMILES string of the molecule is C[CH]=[Zr+2][C]1(c2c(C(CC)O[Si](C)(C)C)ccc3c2Cc2ccccc2-3)c2ccccc2-c2ccccc21.[Cl-].[Cl-]. The third kappa shape index (κ3) is 4.93. The van der Waals surface area contributed by atoms with E-state index in [1.54, 1.807) is 5.56 Å². The summed E-state index contributed by atoms with van der Waals surface area (Å²) in [5.74, 6) is 0. The first-order valence-corrected chi connectivity index (χ1v) is 19.6. The first kappa shape index (κ1) is 30.4. The zero-order valence-corrected chi connectivity index (χ0v) is 28.3. The Kier molecular flexibility index (Phi) is 9.11. The van der Waals surface area contributed by atoms with E-state index in [0.717, 1.165) is 12.8 Å². The van der Waals surface area contributed by atoms with Gasteiger partial charge in [-0.2, -0.15) is 0 Å². The van der Waals surface area contributed by atoms with Gasteiger partial charge in [-0.25, -0.2) is 0 Å². The van der Waals surface area contributed by atoms with Gasteiger partial charge in [-0.3, -0.25) is 0 Å². The average Bonchev–Trinajstić information content (AvgIpc) is 3.41. The molecule has 0 N–H and O–H groups in total. The van der Waals surface area contributed by atoms with Crippen molar-refractivity contribution < 1.29 is 52.0 Å². The Balaban J connectivity index is 0.00000176. The van der Waals surface area contributed by atoms with Crippen LogP contribution < -0.4 is 24.8 Å². The Bertz CT molecular complexity index is 1490. The number of rotatable bonds is 6. The molecular weight excluding hydrogens is 615 g/mol. The molecule has 5 heteroatoms. The van der Waals surface area contributed by atoms with Crippen LogP contribution in [0.15, 0.2) is 84.9 Å². The minimum absolute atomic E-state index is 0. The molecule has 1 nitrogen and oxygen atoms in total. The van der Waals surface area contributed by atoms with Gasteiger partial charge in [-0.1, -0.05) is 0 Å². The Hall–Kier alpha value is -1.61. The maximum absolute atomic E-state index is 6.96. The fourth-order valence-corrected chi connectivity index (χ4v) is 11.8. The van der Waals surface area contributed by atoms with Gasteiger partial charge in [0, 0.05) is 0 Å². The number of hydrogen-bond donors (Lipinski definition) is 0. The van der Waals surface area contributed by atoms with Crippen molar-refractivity contribution in [3.63, 3.8) is 0 Å². The molecule has 2 aliphatic carbocycles. The summed E-state index contributed by atoms with van der Waals surface area (Å²) in [6.07, 6.45) is 2.11. The molecule has 4 aromatic carbocycles. The molecule has 1 atom stereocenters. The Morgan fingerprint density at radius 1 is 0.795 bits per heavy atom. The molecule has 0 aromatic heterocycles. The van der Waals surface area contributed by atoms with Crippen molar-refractivity contribution in [3.05, 3.63) is 118 Å². The van der Waals surface area contributed by atoms with Gasteiger partial charge in [0.2, 0.25) is 0 Å². The second kappa shape index (κ2) is 11.7. The fraction of sp³-hybridized carbons (Fsp3) is 0.265. The van der Waals surface area contributed by atoms with Crippen LogP contribution in [0, 0.1) is 0 Å². The van der Waals surface area contributed by atoms with Crippen LogP contribution in [0.1, 0.15) is 59.8 Å². The zero-order valence-electron chi connectivity index (χ0n) is 23.3. The molecule has 0 heterocycles. The van der Waals surface area contributed by atoms with Gasteiger partial charge in [0.25, 0.3) is 0 Å². The monoisotopic (exact) mass is 647 g/mol. The van der Waals surface area contributed by atoms with Crippen LogP contribution >= 0.6 is 0 Å². The summed E-state index contributed by atoms with van der Waals surface area (Å²) < 4.78 is 9.44. The molecule has 0 aliphatic heterocycles. The van der Waals surface area contributed by atoms with E-state index in [4.69, 9.17) is 4.43 Å². The third-order valence-corrected chi connectivity index (χ3v) is 12.6. The maximum Gasteiger partial charge on any atom is -1.00 e. The van der Waals surface area contributed by atoms with Crippen LogP contribution in [0.3, 0.4) is 0 Å². The zero-order chi connectivity index (χ0) is 25.8. The standard InChI is InChI=1S/C32H31OSi.C2H4.2ClH.Zr/c1-5-30(33-34(2,3)4)28-19-18-25-22-13-7-6-12-21(22)20-29(25)32(28)31-26-16-10-8-14-23(26)24-15-9-11-17-27(24)31;1-2;;;/h6-19,30H,5,20H2,1-4H3;1H,2H3;2*1H;/q;;;;+2/p-2. The summed E-state index contributed by atoms with van der Waals surface area (Å²) in [4.78, 5) is 0. The van der Waals surface area contributed by atoms with Crippen LogP contribution in [-0.2, 0) is 36.7 Å². The van der Waals surface area contributed by atoms with E-state index in [2.05, 4.69) is 122 Å². The van der Waals surface area contributed by atoms with E-state index in [1.165, 1.54) is 50.1 Å². The van der Waals surface area contributed by atoms with E-state index in [-0.39, 0.29) is 34.0 Å². The number of fused-ring (bicyclic) bond motifs is 6. The summed E-state index contributed by atoms with van der Waals surface area (Å²) in [5.41, 5.74) is 14.7. The average molecular weight is 650 g/mol. The van der Waals surface area contributed by atoms with Crippen molar-refractivity contribution in [2.45, 2.75) is 55.6 Å². The molecule has 0 saturated heterocycles. The second-order valence-corrected chi connectivity index (χ2v) is 19.7. The fourth-order valence-electron chi connectivity index (χ4n) is 6.68. The summed E-state index contributed by atoms with van der Waals surface area (Å²) >= 11 is -1.07. The number of halogens is 2.